The normalized spacial score (nSPS) is 10.9. The molecule has 0 spiro atoms. The number of ether oxygens (including phenoxy) is 1. The molecule has 0 saturated carbocycles. The molecular formula is C24H21Cl2N3O2. The zero-order valence-corrected chi connectivity index (χ0v) is 18.4. The topological polar surface area (TPSA) is 67.0 Å². The number of benzene rings is 3. The van der Waals surface area contributed by atoms with Crippen LogP contribution in [0.4, 0.5) is 4.79 Å². The maximum Gasteiger partial charge on any atom is 0.412 e. The third-order valence-corrected chi connectivity index (χ3v) is 5.61. The van der Waals surface area contributed by atoms with Crippen LogP contribution in [-0.4, -0.2) is 22.6 Å². The van der Waals surface area contributed by atoms with Gasteiger partial charge in [-0.3, -0.25) is 0 Å². The number of carbonyl (C=O) groups is 1. The van der Waals surface area contributed by atoms with Crippen molar-refractivity contribution in [3.63, 3.8) is 0 Å². The second-order valence-electron chi connectivity index (χ2n) is 7.10. The summed E-state index contributed by atoms with van der Waals surface area (Å²) < 4.78 is 5.41. The highest BCUT2D eigenvalue weighted by molar-refractivity contribution is 6.39. The summed E-state index contributed by atoms with van der Waals surface area (Å²) in [5, 5.41) is 3.79. The van der Waals surface area contributed by atoms with Gasteiger partial charge in [-0.05, 0) is 48.2 Å². The first-order chi connectivity index (χ1) is 15.0. The second kappa shape index (κ2) is 9.41. The van der Waals surface area contributed by atoms with Crippen molar-refractivity contribution in [2.45, 2.75) is 19.8 Å². The Bertz CT molecular complexity index is 1200. The molecule has 31 heavy (non-hydrogen) atoms. The van der Waals surface area contributed by atoms with Gasteiger partial charge in [-0.25, -0.2) is 9.78 Å². The lowest BCUT2D eigenvalue weighted by molar-refractivity contribution is 0.200. The van der Waals surface area contributed by atoms with Crippen LogP contribution in [0.15, 0.2) is 60.7 Å². The van der Waals surface area contributed by atoms with Crippen molar-refractivity contribution in [2.24, 2.45) is 0 Å². The Balaban J connectivity index is 1.39. The Kier molecular flexibility index (Phi) is 6.44. The van der Waals surface area contributed by atoms with Gasteiger partial charge in [0.05, 0.1) is 26.6 Å². The standard InChI is InChI=1S/C24H21Cl2N3O2/c1-2-15-6-8-16(9-7-15)12-13-27-24(30)31-17-10-11-20-21(14-17)29-23(28-20)22-18(25)4-3-5-19(22)26/h3-11,14H,2,12-13H2,1H3,(H,27,30)(H,28,29). The monoisotopic (exact) mass is 453 g/mol. The Labute approximate surface area is 190 Å². The molecule has 0 bridgehead atoms. The molecule has 0 fully saturated rings. The van der Waals surface area contributed by atoms with E-state index >= 15 is 0 Å². The van der Waals surface area contributed by atoms with Crippen LogP contribution in [0.2, 0.25) is 10.0 Å². The Hall–Kier alpha value is -3.02. The predicted octanol–water partition coefficient (Wildman–Crippen LogP) is 6.43. The smallest absolute Gasteiger partial charge is 0.410 e. The van der Waals surface area contributed by atoms with Gasteiger partial charge in [-0.15, -0.1) is 0 Å². The van der Waals surface area contributed by atoms with E-state index in [4.69, 9.17) is 27.9 Å². The lowest BCUT2D eigenvalue weighted by Gasteiger charge is -2.07. The molecule has 0 aliphatic carbocycles. The molecule has 0 aliphatic rings. The van der Waals surface area contributed by atoms with Gasteiger partial charge >= 0.3 is 6.09 Å². The Morgan fingerprint density at radius 2 is 1.74 bits per heavy atom. The number of fused-ring (bicyclic) bond motifs is 1. The minimum absolute atomic E-state index is 0.415. The van der Waals surface area contributed by atoms with E-state index in [1.54, 1.807) is 36.4 Å². The number of carbonyl (C=O) groups excluding carboxylic acids is 1. The average Bonchev–Trinajstić information content (AvgIpc) is 3.17. The van der Waals surface area contributed by atoms with Gasteiger partial charge < -0.3 is 15.0 Å². The number of aromatic nitrogens is 2. The molecule has 4 rings (SSSR count). The molecule has 0 saturated heterocycles. The molecule has 0 radical (unpaired) electrons. The number of imidazole rings is 1. The Morgan fingerprint density at radius 3 is 2.45 bits per heavy atom. The molecule has 0 atom stereocenters. The van der Waals surface area contributed by atoms with Crippen molar-refractivity contribution in [2.75, 3.05) is 6.54 Å². The van der Waals surface area contributed by atoms with Crippen LogP contribution in [0.5, 0.6) is 5.75 Å². The molecule has 0 aliphatic heterocycles. The largest absolute Gasteiger partial charge is 0.412 e. The van der Waals surface area contributed by atoms with Crippen LogP contribution in [0, 0.1) is 0 Å². The maximum absolute atomic E-state index is 12.2. The van der Waals surface area contributed by atoms with Gasteiger partial charge in [-0.2, -0.15) is 0 Å². The average molecular weight is 454 g/mol. The van der Waals surface area contributed by atoms with Gasteiger partial charge in [0.1, 0.15) is 11.6 Å². The van der Waals surface area contributed by atoms with Crippen molar-refractivity contribution in [3.05, 3.63) is 81.8 Å². The number of H-pyrrole nitrogens is 1. The number of aromatic amines is 1. The first-order valence-corrected chi connectivity index (χ1v) is 10.8. The number of halogens is 2. The third-order valence-electron chi connectivity index (χ3n) is 4.98. The molecule has 0 unspecified atom stereocenters. The minimum atomic E-state index is -0.501. The van der Waals surface area contributed by atoms with Crippen molar-refractivity contribution in [1.82, 2.24) is 15.3 Å². The van der Waals surface area contributed by atoms with Crippen LogP contribution < -0.4 is 10.1 Å². The van der Waals surface area contributed by atoms with E-state index in [0.717, 1.165) is 12.8 Å². The predicted molar refractivity (Wildman–Crippen MR) is 125 cm³/mol. The lowest BCUT2D eigenvalue weighted by atomic mass is 10.1. The van der Waals surface area contributed by atoms with Gasteiger partial charge in [-0.1, -0.05) is 60.5 Å². The van der Waals surface area contributed by atoms with Gasteiger partial charge in [0.2, 0.25) is 0 Å². The van der Waals surface area contributed by atoms with E-state index in [1.807, 2.05) is 0 Å². The van der Waals surface area contributed by atoms with E-state index in [2.05, 4.69) is 46.5 Å². The van der Waals surface area contributed by atoms with Gasteiger partial charge in [0, 0.05) is 12.6 Å². The summed E-state index contributed by atoms with van der Waals surface area (Å²) in [5.74, 6) is 0.971. The highest BCUT2D eigenvalue weighted by atomic mass is 35.5. The fourth-order valence-corrected chi connectivity index (χ4v) is 3.86. The van der Waals surface area contributed by atoms with E-state index in [1.165, 1.54) is 11.1 Å². The number of amides is 1. The molecule has 3 aromatic carbocycles. The summed E-state index contributed by atoms with van der Waals surface area (Å²) in [6, 6.07) is 18.9. The molecule has 4 aromatic rings. The Morgan fingerprint density at radius 1 is 1.03 bits per heavy atom. The first-order valence-electron chi connectivity index (χ1n) is 10.0. The van der Waals surface area contributed by atoms with E-state index in [0.29, 0.717) is 44.8 Å². The maximum atomic E-state index is 12.2. The van der Waals surface area contributed by atoms with Crippen molar-refractivity contribution >= 4 is 40.3 Å². The van der Waals surface area contributed by atoms with Gasteiger partial charge in [0.25, 0.3) is 0 Å². The number of aryl methyl sites for hydroxylation is 1. The van der Waals surface area contributed by atoms with Crippen molar-refractivity contribution in [3.8, 4) is 17.1 Å². The van der Waals surface area contributed by atoms with Crippen molar-refractivity contribution < 1.29 is 9.53 Å². The molecule has 1 amide bonds. The molecule has 7 heteroatoms. The number of rotatable bonds is 6. The summed E-state index contributed by atoms with van der Waals surface area (Å²) in [7, 11) is 0. The first kappa shape index (κ1) is 21.2. The van der Waals surface area contributed by atoms with Crippen LogP contribution in [0.1, 0.15) is 18.1 Å². The number of nitrogens with one attached hydrogen (secondary N) is 2. The van der Waals surface area contributed by atoms with Crippen LogP contribution in [0.3, 0.4) is 0 Å². The number of hydrogen-bond donors (Lipinski definition) is 2. The van der Waals surface area contributed by atoms with Crippen LogP contribution in [-0.2, 0) is 12.8 Å². The molecular weight excluding hydrogens is 433 g/mol. The summed E-state index contributed by atoms with van der Waals surface area (Å²) in [4.78, 5) is 19.9. The lowest BCUT2D eigenvalue weighted by Crippen LogP contribution is -2.28. The molecule has 1 heterocycles. The highest BCUT2D eigenvalue weighted by Crippen LogP contribution is 2.34. The van der Waals surface area contributed by atoms with E-state index in [9.17, 15) is 4.79 Å². The fraction of sp³-hybridized carbons (Fsp3) is 0.167. The zero-order chi connectivity index (χ0) is 21.8. The zero-order valence-electron chi connectivity index (χ0n) is 16.9. The van der Waals surface area contributed by atoms with Crippen molar-refractivity contribution in [1.29, 1.82) is 0 Å². The van der Waals surface area contributed by atoms with Crippen LogP contribution in [0.25, 0.3) is 22.4 Å². The molecule has 158 valence electrons. The van der Waals surface area contributed by atoms with E-state index < -0.39 is 6.09 Å². The number of nitrogens with zero attached hydrogens (tertiary/aromatic N) is 1. The highest BCUT2D eigenvalue weighted by Gasteiger charge is 2.14. The van der Waals surface area contributed by atoms with Crippen LogP contribution >= 0.6 is 23.2 Å². The quantitative estimate of drug-likeness (QED) is 0.353. The molecule has 2 N–H and O–H groups in total. The fourth-order valence-electron chi connectivity index (χ4n) is 3.29. The number of hydrogen-bond acceptors (Lipinski definition) is 3. The molecule has 5 nitrogen and oxygen atoms in total. The summed E-state index contributed by atoms with van der Waals surface area (Å²) in [6.07, 6.45) is 1.25. The second-order valence-corrected chi connectivity index (χ2v) is 7.91. The van der Waals surface area contributed by atoms with Gasteiger partial charge in [0.15, 0.2) is 0 Å². The van der Waals surface area contributed by atoms with E-state index in [-0.39, 0.29) is 0 Å². The molecule has 1 aromatic heterocycles. The SMILES string of the molecule is CCc1ccc(CCNC(=O)Oc2ccc3nc(-c4c(Cl)cccc4Cl)[nH]c3c2)cc1. The minimum Gasteiger partial charge on any atom is -0.410 e. The summed E-state index contributed by atoms with van der Waals surface area (Å²) in [6.45, 7) is 2.62. The summed E-state index contributed by atoms with van der Waals surface area (Å²) >= 11 is 12.6. The third kappa shape index (κ3) is 5.01. The summed E-state index contributed by atoms with van der Waals surface area (Å²) in [5.41, 5.74) is 4.53.